The van der Waals surface area contributed by atoms with Crippen LogP contribution in [0.25, 0.3) is 0 Å². The summed E-state index contributed by atoms with van der Waals surface area (Å²) in [6.45, 7) is 0.331. The molecule has 16 heavy (non-hydrogen) atoms. The van der Waals surface area contributed by atoms with Gasteiger partial charge in [-0.15, -0.1) is 0 Å². The molecule has 0 spiro atoms. The van der Waals surface area contributed by atoms with Gasteiger partial charge in [-0.25, -0.2) is 0 Å². The van der Waals surface area contributed by atoms with Crippen LogP contribution in [0.2, 0.25) is 0 Å². The molecule has 1 heterocycles. The van der Waals surface area contributed by atoms with Crippen molar-refractivity contribution in [3.8, 4) is 5.75 Å². The lowest BCUT2D eigenvalue weighted by Gasteiger charge is -2.08. The number of amidine groups is 1. The lowest BCUT2D eigenvalue weighted by molar-refractivity contribution is 0.270. The first-order valence-electron chi connectivity index (χ1n) is 4.86. The van der Waals surface area contributed by atoms with E-state index in [4.69, 9.17) is 20.3 Å². The van der Waals surface area contributed by atoms with Crippen LogP contribution in [0.15, 0.2) is 47.1 Å². The maximum absolute atomic E-state index is 7.40. The molecule has 0 bridgehead atoms. The van der Waals surface area contributed by atoms with Gasteiger partial charge in [0.25, 0.3) is 0 Å². The lowest BCUT2D eigenvalue weighted by atomic mass is 10.2. The van der Waals surface area contributed by atoms with Crippen LogP contribution < -0.4 is 10.5 Å². The minimum atomic E-state index is -0.00459. The molecule has 4 nitrogen and oxygen atoms in total. The Labute approximate surface area is 93.2 Å². The smallest absolute Gasteiger partial charge is 0.146 e. The van der Waals surface area contributed by atoms with Crippen LogP contribution in [0.4, 0.5) is 0 Å². The minimum Gasteiger partial charge on any atom is -0.485 e. The Morgan fingerprint density at radius 2 is 2.06 bits per heavy atom. The average molecular weight is 216 g/mol. The van der Waals surface area contributed by atoms with Gasteiger partial charge >= 0.3 is 0 Å². The third-order valence-electron chi connectivity index (χ3n) is 2.13. The molecular formula is C12H12N2O2. The summed E-state index contributed by atoms with van der Waals surface area (Å²) < 4.78 is 10.7. The normalized spacial score (nSPS) is 10.0. The number of ether oxygens (including phenoxy) is 1. The Morgan fingerprint density at radius 1 is 1.25 bits per heavy atom. The van der Waals surface area contributed by atoms with E-state index in [-0.39, 0.29) is 5.84 Å². The SMILES string of the molecule is N=C(N)c1ccccc1OCc1ccco1. The second-order valence-electron chi connectivity index (χ2n) is 3.28. The molecular weight excluding hydrogens is 204 g/mol. The Bertz CT molecular complexity index is 478. The van der Waals surface area contributed by atoms with E-state index in [1.165, 1.54) is 0 Å². The highest BCUT2D eigenvalue weighted by atomic mass is 16.5. The molecule has 82 valence electrons. The molecule has 0 aliphatic rings. The predicted molar refractivity (Wildman–Crippen MR) is 60.5 cm³/mol. The topological polar surface area (TPSA) is 72.2 Å². The highest BCUT2D eigenvalue weighted by Crippen LogP contribution is 2.18. The number of para-hydroxylation sites is 1. The first kappa shape index (κ1) is 10.3. The zero-order valence-corrected chi connectivity index (χ0v) is 8.64. The van der Waals surface area contributed by atoms with Gasteiger partial charge in [-0.3, -0.25) is 5.41 Å². The molecule has 2 aromatic rings. The van der Waals surface area contributed by atoms with Crippen molar-refractivity contribution in [2.45, 2.75) is 6.61 Å². The molecule has 0 amide bonds. The van der Waals surface area contributed by atoms with Crippen molar-refractivity contribution in [3.05, 3.63) is 54.0 Å². The fourth-order valence-electron chi connectivity index (χ4n) is 1.36. The van der Waals surface area contributed by atoms with Crippen LogP contribution in [0.5, 0.6) is 5.75 Å². The molecule has 1 aromatic heterocycles. The van der Waals surface area contributed by atoms with Crippen molar-refractivity contribution in [2.24, 2.45) is 5.73 Å². The number of furan rings is 1. The monoisotopic (exact) mass is 216 g/mol. The molecule has 0 radical (unpaired) electrons. The van der Waals surface area contributed by atoms with Gasteiger partial charge in [-0.2, -0.15) is 0 Å². The van der Waals surface area contributed by atoms with Gasteiger partial charge in [-0.05, 0) is 24.3 Å². The summed E-state index contributed by atoms with van der Waals surface area (Å²) in [7, 11) is 0. The Balaban J connectivity index is 2.12. The summed E-state index contributed by atoms with van der Waals surface area (Å²) in [5, 5.41) is 7.40. The molecule has 0 unspecified atom stereocenters. The summed E-state index contributed by atoms with van der Waals surface area (Å²) in [6, 6.07) is 10.8. The quantitative estimate of drug-likeness (QED) is 0.607. The van der Waals surface area contributed by atoms with E-state index in [2.05, 4.69) is 0 Å². The van der Waals surface area contributed by atoms with Crippen molar-refractivity contribution >= 4 is 5.84 Å². The molecule has 0 aliphatic carbocycles. The van der Waals surface area contributed by atoms with E-state index in [9.17, 15) is 0 Å². The number of nitrogens with one attached hydrogen (secondary N) is 1. The summed E-state index contributed by atoms with van der Waals surface area (Å²) >= 11 is 0. The summed E-state index contributed by atoms with van der Waals surface area (Å²) in [5.74, 6) is 1.32. The Kier molecular flexibility index (Phi) is 2.91. The molecule has 3 N–H and O–H groups in total. The van der Waals surface area contributed by atoms with Gasteiger partial charge in [0.2, 0.25) is 0 Å². The first-order valence-corrected chi connectivity index (χ1v) is 4.86. The molecule has 4 heteroatoms. The van der Waals surface area contributed by atoms with E-state index in [0.29, 0.717) is 17.9 Å². The van der Waals surface area contributed by atoms with Crippen LogP contribution in [0, 0.1) is 5.41 Å². The van der Waals surface area contributed by atoms with Crippen molar-refractivity contribution in [2.75, 3.05) is 0 Å². The highest BCUT2D eigenvalue weighted by molar-refractivity contribution is 5.97. The molecule has 0 aliphatic heterocycles. The molecule has 0 fully saturated rings. The zero-order chi connectivity index (χ0) is 11.4. The predicted octanol–water partition coefficient (Wildman–Crippen LogP) is 2.14. The van der Waals surface area contributed by atoms with Crippen LogP contribution in [-0.2, 0) is 6.61 Å². The third-order valence-corrected chi connectivity index (χ3v) is 2.13. The van der Waals surface area contributed by atoms with E-state index in [0.717, 1.165) is 5.76 Å². The van der Waals surface area contributed by atoms with Crippen molar-refractivity contribution in [3.63, 3.8) is 0 Å². The number of nitrogens with two attached hydrogens (primary N) is 1. The molecule has 0 atom stereocenters. The maximum Gasteiger partial charge on any atom is 0.146 e. The van der Waals surface area contributed by atoms with E-state index in [1.54, 1.807) is 24.5 Å². The Morgan fingerprint density at radius 3 is 2.75 bits per heavy atom. The number of hydrogen-bond donors (Lipinski definition) is 2. The van der Waals surface area contributed by atoms with Gasteiger partial charge in [0.15, 0.2) is 0 Å². The van der Waals surface area contributed by atoms with Crippen molar-refractivity contribution < 1.29 is 9.15 Å². The van der Waals surface area contributed by atoms with Gasteiger partial charge in [-0.1, -0.05) is 12.1 Å². The van der Waals surface area contributed by atoms with Gasteiger partial charge < -0.3 is 14.9 Å². The summed E-state index contributed by atoms with van der Waals surface area (Å²) in [5.41, 5.74) is 6.04. The largest absolute Gasteiger partial charge is 0.485 e. The average Bonchev–Trinajstić information content (AvgIpc) is 2.79. The van der Waals surface area contributed by atoms with Gasteiger partial charge in [0, 0.05) is 0 Å². The van der Waals surface area contributed by atoms with Crippen LogP contribution in [0.1, 0.15) is 11.3 Å². The number of benzene rings is 1. The van der Waals surface area contributed by atoms with Crippen molar-refractivity contribution in [1.29, 1.82) is 5.41 Å². The third kappa shape index (κ3) is 2.23. The fraction of sp³-hybridized carbons (Fsp3) is 0.0833. The van der Waals surface area contributed by atoms with Crippen molar-refractivity contribution in [1.82, 2.24) is 0 Å². The molecule has 0 saturated carbocycles. The lowest BCUT2D eigenvalue weighted by Crippen LogP contribution is -2.12. The van der Waals surface area contributed by atoms with E-state index in [1.807, 2.05) is 18.2 Å². The number of hydrogen-bond acceptors (Lipinski definition) is 3. The van der Waals surface area contributed by atoms with Gasteiger partial charge in [0.05, 0.1) is 11.8 Å². The zero-order valence-electron chi connectivity index (χ0n) is 8.64. The highest BCUT2D eigenvalue weighted by Gasteiger charge is 2.06. The molecule has 0 saturated heterocycles. The van der Waals surface area contributed by atoms with E-state index >= 15 is 0 Å². The van der Waals surface area contributed by atoms with Crippen LogP contribution in [-0.4, -0.2) is 5.84 Å². The Hall–Kier alpha value is -2.23. The maximum atomic E-state index is 7.40. The van der Waals surface area contributed by atoms with Crippen LogP contribution >= 0.6 is 0 Å². The minimum absolute atomic E-state index is 0.00459. The summed E-state index contributed by atoms with van der Waals surface area (Å²) in [4.78, 5) is 0. The summed E-state index contributed by atoms with van der Waals surface area (Å²) in [6.07, 6.45) is 1.59. The number of nitrogen functional groups attached to an aromatic ring is 1. The fourth-order valence-corrected chi connectivity index (χ4v) is 1.36. The molecule has 1 aromatic carbocycles. The number of rotatable bonds is 4. The molecule has 2 rings (SSSR count). The second-order valence-corrected chi connectivity index (χ2v) is 3.28. The van der Waals surface area contributed by atoms with Gasteiger partial charge in [0.1, 0.15) is 24.0 Å². The second kappa shape index (κ2) is 4.53. The van der Waals surface area contributed by atoms with Crippen LogP contribution in [0.3, 0.4) is 0 Å². The van der Waals surface area contributed by atoms with E-state index < -0.39 is 0 Å². The standard InChI is InChI=1S/C12H12N2O2/c13-12(14)10-5-1-2-6-11(10)16-8-9-4-3-7-15-9/h1-7H,8H2,(H3,13,14). The first-order chi connectivity index (χ1) is 7.77.